The number of aromatic amines is 1. The number of nitro benzene ring substituents is 1. The van der Waals surface area contributed by atoms with Crippen LogP contribution < -0.4 is 5.56 Å². The largest absolute Gasteiger partial charge is 0.478 e. The minimum atomic E-state index is -1.05. The molecule has 9 heteroatoms. The third-order valence-electron chi connectivity index (χ3n) is 5.65. The number of nitrogens with one attached hydrogen (secondary N) is 1. The first kappa shape index (κ1) is 21.8. The lowest BCUT2D eigenvalue weighted by atomic mass is 10.0. The van der Waals surface area contributed by atoms with Crippen molar-refractivity contribution in [2.75, 3.05) is 0 Å². The van der Waals surface area contributed by atoms with Gasteiger partial charge in [-0.05, 0) is 74.4 Å². The SMILES string of the molecule is Cc1cc(-c2ccc(Cc3c(C)[nH]n(-c4ccc(C(=O)O)cc4)c3=O)o2)c([N+](=O)[O-])cc1C. The number of carboxylic acids is 1. The van der Waals surface area contributed by atoms with Gasteiger partial charge in [0.25, 0.3) is 11.2 Å². The molecule has 0 saturated carbocycles. The van der Waals surface area contributed by atoms with Crippen LogP contribution in [0.1, 0.15) is 38.5 Å². The molecule has 0 spiro atoms. The van der Waals surface area contributed by atoms with Crippen molar-refractivity contribution < 1.29 is 19.2 Å². The number of aryl methyl sites for hydroxylation is 3. The molecular formula is C24H21N3O6. The van der Waals surface area contributed by atoms with E-state index >= 15 is 0 Å². The second-order valence-corrected chi connectivity index (χ2v) is 7.86. The predicted octanol–water partition coefficient (Wildman–Crippen LogP) is 4.55. The second-order valence-electron chi connectivity index (χ2n) is 7.86. The van der Waals surface area contributed by atoms with Crippen LogP contribution in [0.25, 0.3) is 17.0 Å². The van der Waals surface area contributed by atoms with Crippen molar-refractivity contribution in [1.29, 1.82) is 0 Å². The molecule has 0 aliphatic carbocycles. The average Bonchev–Trinajstić information content (AvgIpc) is 3.35. The summed E-state index contributed by atoms with van der Waals surface area (Å²) >= 11 is 0. The lowest BCUT2D eigenvalue weighted by Crippen LogP contribution is -2.17. The van der Waals surface area contributed by atoms with E-state index < -0.39 is 10.9 Å². The van der Waals surface area contributed by atoms with Crippen molar-refractivity contribution in [2.45, 2.75) is 27.2 Å². The lowest BCUT2D eigenvalue weighted by Gasteiger charge is -2.05. The number of H-pyrrole nitrogens is 1. The van der Waals surface area contributed by atoms with Crippen LogP contribution in [0.5, 0.6) is 0 Å². The molecule has 4 aromatic rings. The van der Waals surface area contributed by atoms with Crippen molar-refractivity contribution in [3.63, 3.8) is 0 Å². The first-order valence-electron chi connectivity index (χ1n) is 10.1. The normalized spacial score (nSPS) is 11.0. The molecule has 9 nitrogen and oxygen atoms in total. The number of nitrogens with zero attached hydrogens (tertiary/aromatic N) is 2. The van der Waals surface area contributed by atoms with Gasteiger partial charge >= 0.3 is 5.97 Å². The first-order valence-corrected chi connectivity index (χ1v) is 10.1. The van der Waals surface area contributed by atoms with Crippen molar-refractivity contribution in [2.24, 2.45) is 0 Å². The van der Waals surface area contributed by atoms with Crippen LogP contribution in [0.2, 0.25) is 0 Å². The summed E-state index contributed by atoms with van der Waals surface area (Å²) in [5, 5.41) is 23.6. The number of carbonyl (C=O) groups is 1. The van der Waals surface area contributed by atoms with Gasteiger partial charge in [-0.1, -0.05) is 0 Å². The third-order valence-corrected chi connectivity index (χ3v) is 5.65. The molecule has 0 saturated heterocycles. The van der Waals surface area contributed by atoms with E-state index in [0.29, 0.717) is 34.0 Å². The van der Waals surface area contributed by atoms with Crippen molar-refractivity contribution in [3.8, 4) is 17.0 Å². The lowest BCUT2D eigenvalue weighted by molar-refractivity contribution is -0.384. The monoisotopic (exact) mass is 447 g/mol. The first-order chi connectivity index (χ1) is 15.7. The number of carboxylic acid groups (broad SMARTS) is 1. The molecule has 0 bridgehead atoms. The zero-order valence-electron chi connectivity index (χ0n) is 18.2. The predicted molar refractivity (Wildman–Crippen MR) is 121 cm³/mol. The second kappa shape index (κ2) is 8.27. The number of benzene rings is 2. The van der Waals surface area contributed by atoms with Crippen LogP contribution in [-0.2, 0) is 6.42 Å². The van der Waals surface area contributed by atoms with Crippen LogP contribution in [0.15, 0.2) is 57.7 Å². The maximum atomic E-state index is 13.0. The Morgan fingerprint density at radius 1 is 1.09 bits per heavy atom. The highest BCUT2D eigenvalue weighted by molar-refractivity contribution is 5.87. The van der Waals surface area contributed by atoms with E-state index in [0.717, 1.165) is 11.1 Å². The summed E-state index contributed by atoms with van der Waals surface area (Å²) < 4.78 is 7.24. The van der Waals surface area contributed by atoms with Crippen LogP contribution in [0.4, 0.5) is 5.69 Å². The Bertz CT molecular complexity index is 1440. The summed E-state index contributed by atoms with van der Waals surface area (Å²) in [6.45, 7) is 5.45. The molecule has 0 unspecified atom stereocenters. The standard InChI is InChI=1S/C24H21N3O6/c1-13-10-20(21(27(31)32)11-14(13)2)22-9-8-18(33-22)12-19-15(3)25-26(23(19)28)17-6-4-16(5-7-17)24(29)30/h4-11,25H,12H2,1-3H3,(H,29,30). The van der Waals surface area contributed by atoms with E-state index in [1.165, 1.54) is 22.9 Å². The van der Waals surface area contributed by atoms with Gasteiger partial charge < -0.3 is 9.52 Å². The highest BCUT2D eigenvalue weighted by Gasteiger charge is 2.21. The Balaban J connectivity index is 1.66. The molecule has 0 aliphatic rings. The third kappa shape index (κ3) is 4.08. The molecule has 168 valence electrons. The minimum Gasteiger partial charge on any atom is -0.478 e. The molecule has 4 rings (SSSR count). The van der Waals surface area contributed by atoms with E-state index in [2.05, 4.69) is 5.10 Å². The van der Waals surface area contributed by atoms with Gasteiger partial charge in [0.1, 0.15) is 11.5 Å². The summed E-state index contributed by atoms with van der Waals surface area (Å²) in [6, 6.07) is 12.6. The highest BCUT2D eigenvalue weighted by atomic mass is 16.6. The Morgan fingerprint density at radius 3 is 2.39 bits per heavy atom. The van der Waals surface area contributed by atoms with Gasteiger partial charge in [-0.2, -0.15) is 0 Å². The molecule has 33 heavy (non-hydrogen) atoms. The van der Waals surface area contributed by atoms with Gasteiger partial charge in [-0.3, -0.25) is 20.0 Å². The minimum absolute atomic E-state index is 0.0380. The number of aromatic nitrogens is 2. The molecule has 2 aromatic heterocycles. The van der Waals surface area contributed by atoms with E-state index in [4.69, 9.17) is 9.52 Å². The Hall–Kier alpha value is -4.40. The van der Waals surface area contributed by atoms with E-state index in [1.54, 1.807) is 37.3 Å². The fourth-order valence-electron chi connectivity index (χ4n) is 3.67. The number of hydrogen-bond acceptors (Lipinski definition) is 5. The Morgan fingerprint density at radius 2 is 1.76 bits per heavy atom. The van der Waals surface area contributed by atoms with Gasteiger partial charge in [-0.15, -0.1) is 0 Å². The molecular weight excluding hydrogens is 426 g/mol. The number of hydrogen-bond donors (Lipinski definition) is 2. The topological polar surface area (TPSA) is 131 Å². The van der Waals surface area contributed by atoms with Gasteiger partial charge in [0.15, 0.2) is 0 Å². The Labute approximate surface area is 188 Å². The number of aromatic carboxylic acids is 1. The summed E-state index contributed by atoms with van der Waals surface area (Å²) in [4.78, 5) is 35.1. The van der Waals surface area contributed by atoms with Crippen molar-refractivity contribution in [3.05, 3.63) is 103 Å². The van der Waals surface area contributed by atoms with Crippen LogP contribution >= 0.6 is 0 Å². The zero-order chi connectivity index (χ0) is 23.9. The summed E-state index contributed by atoms with van der Waals surface area (Å²) in [5.74, 6) is -0.197. The molecule has 0 fully saturated rings. The highest BCUT2D eigenvalue weighted by Crippen LogP contribution is 2.34. The summed E-state index contributed by atoms with van der Waals surface area (Å²) in [6.07, 6.45) is 0.194. The van der Waals surface area contributed by atoms with Crippen molar-refractivity contribution in [1.82, 2.24) is 9.78 Å². The molecule has 0 radical (unpaired) electrons. The fraction of sp³-hybridized carbons (Fsp3) is 0.167. The van der Waals surface area contributed by atoms with E-state index in [1.807, 2.05) is 13.8 Å². The maximum absolute atomic E-state index is 13.0. The zero-order valence-corrected chi connectivity index (χ0v) is 18.2. The molecule has 2 aromatic carbocycles. The number of furan rings is 1. The van der Waals surface area contributed by atoms with Gasteiger partial charge in [0.05, 0.1) is 21.7 Å². The average molecular weight is 447 g/mol. The molecule has 0 atom stereocenters. The molecule has 0 aliphatic heterocycles. The number of nitro groups is 1. The summed E-state index contributed by atoms with van der Waals surface area (Å²) in [5.41, 5.74) is 3.53. The van der Waals surface area contributed by atoms with Crippen molar-refractivity contribution >= 4 is 11.7 Å². The van der Waals surface area contributed by atoms with Crippen LogP contribution in [-0.4, -0.2) is 25.8 Å². The van der Waals surface area contributed by atoms with Crippen LogP contribution in [0, 0.1) is 30.9 Å². The smallest absolute Gasteiger partial charge is 0.335 e. The molecule has 2 N–H and O–H groups in total. The number of rotatable bonds is 6. The van der Waals surface area contributed by atoms with Crippen LogP contribution in [0.3, 0.4) is 0 Å². The van der Waals surface area contributed by atoms with E-state index in [-0.39, 0.29) is 23.2 Å². The van der Waals surface area contributed by atoms with E-state index in [9.17, 15) is 19.7 Å². The fourth-order valence-corrected chi connectivity index (χ4v) is 3.67. The Kier molecular flexibility index (Phi) is 5.47. The summed E-state index contributed by atoms with van der Waals surface area (Å²) in [7, 11) is 0. The maximum Gasteiger partial charge on any atom is 0.335 e. The molecule has 0 amide bonds. The van der Waals surface area contributed by atoms with Gasteiger partial charge in [0, 0.05) is 23.7 Å². The quantitative estimate of drug-likeness (QED) is 0.329. The van der Waals surface area contributed by atoms with Gasteiger partial charge in [-0.25, -0.2) is 9.48 Å². The molecule has 2 heterocycles. The van der Waals surface area contributed by atoms with Gasteiger partial charge in [0.2, 0.25) is 0 Å².